The van der Waals surface area contributed by atoms with Crippen LogP contribution in [0.5, 0.6) is 0 Å². The molecule has 0 aliphatic rings. The summed E-state index contributed by atoms with van der Waals surface area (Å²) in [5, 5.41) is 0.0396. The fourth-order valence-corrected chi connectivity index (χ4v) is 3.25. The summed E-state index contributed by atoms with van der Waals surface area (Å²) in [4.78, 5) is 0. The summed E-state index contributed by atoms with van der Waals surface area (Å²) < 4.78 is 23.4. The molecule has 0 saturated carbocycles. The molecule has 1 aromatic carbocycles. The van der Waals surface area contributed by atoms with E-state index in [0.29, 0.717) is 5.30 Å². The van der Waals surface area contributed by atoms with E-state index in [9.17, 15) is 4.57 Å². The average molecular weight is 311 g/mol. The molecule has 0 heterocycles. The van der Waals surface area contributed by atoms with Crippen molar-refractivity contribution in [1.29, 1.82) is 0 Å². The van der Waals surface area contributed by atoms with Crippen LogP contribution in [0.3, 0.4) is 0 Å². The van der Waals surface area contributed by atoms with Crippen LogP contribution in [0, 0.1) is 0 Å². The zero-order valence-electron chi connectivity index (χ0n) is 10.4. The third kappa shape index (κ3) is 5.29. The summed E-state index contributed by atoms with van der Waals surface area (Å²) in [6, 6.07) is 8.81. The van der Waals surface area contributed by atoms with Gasteiger partial charge in [0.05, 0.1) is 29.3 Å². The number of halogens is 2. The molecule has 0 radical (unpaired) electrons. The number of alkyl halides is 2. The minimum atomic E-state index is -3.35. The lowest BCUT2D eigenvalue weighted by molar-refractivity contribution is 0.216. The van der Waals surface area contributed by atoms with Gasteiger partial charge >= 0.3 is 7.60 Å². The van der Waals surface area contributed by atoms with Crippen molar-refractivity contribution in [2.24, 2.45) is 0 Å². The summed E-state index contributed by atoms with van der Waals surface area (Å²) in [7, 11) is -3.35. The van der Waals surface area contributed by atoms with Crippen molar-refractivity contribution in [3.63, 3.8) is 0 Å². The molecule has 3 nitrogen and oxygen atoms in total. The summed E-state index contributed by atoms with van der Waals surface area (Å²) in [5.41, 5.74) is 0. The van der Waals surface area contributed by atoms with Crippen molar-refractivity contribution >= 4 is 36.1 Å². The van der Waals surface area contributed by atoms with E-state index in [4.69, 9.17) is 32.2 Å². The lowest BCUT2D eigenvalue weighted by Crippen LogP contribution is -2.16. The Morgan fingerprint density at radius 1 is 1.06 bits per heavy atom. The zero-order valence-corrected chi connectivity index (χ0v) is 12.8. The molecular formula is C12H17Cl2O3P. The van der Waals surface area contributed by atoms with Crippen LogP contribution >= 0.6 is 30.8 Å². The first-order valence-electron chi connectivity index (χ1n) is 5.67. The van der Waals surface area contributed by atoms with Gasteiger partial charge in [-0.1, -0.05) is 18.2 Å². The zero-order chi connectivity index (χ0) is 13.6. The molecule has 0 saturated heterocycles. The maximum absolute atomic E-state index is 12.7. The van der Waals surface area contributed by atoms with Crippen LogP contribution in [-0.4, -0.2) is 24.0 Å². The average Bonchev–Trinajstić information content (AvgIpc) is 2.35. The van der Waals surface area contributed by atoms with Gasteiger partial charge in [-0.2, -0.15) is 0 Å². The minimum absolute atomic E-state index is 0.157. The normalized spacial score (nSPS) is 18.0. The predicted octanol–water partition coefficient (Wildman–Crippen LogP) is 3.79. The van der Waals surface area contributed by atoms with E-state index in [2.05, 4.69) is 0 Å². The highest BCUT2D eigenvalue weighted by molar-refractivity contribution is 7.62. The van der Waals surface area contributed by atoms with E-state index < -0.39 is 7.60 Å². The second-order valence-corrected chi connectivity index (χ2v) is 7.50. The van der Waals surface area contributed by atoms with Crippen molar-refractivity contribution in [2.45, 2.75) is 24.6 Å². The van der Waals surface area contributed by atoms with Gasteiger partial charge in [-0.05, 0) is 26.0 Å². The van der Waals surface area contributed by atoms with Crippen molar-refractivity contribution in [1.82, 2.24) is 0 Å². The molecule has 1 rings (SSSR count). The SMILES string of the molecule is CC(Cl)COP(=O)(OCC(C)Cl)c1ccccc1. The van der Waals surface area contributed by atoms with Gasteiger partial charge in [0.25, 0.3) is 0 Å². The van der Waals surface area contributed by atoms with E-state index in [1.165, 1.54) is 0 Å². The summed E-state index contributed by atoms with van der Waals surface area (Å²) >= 11 is 11.6. The second-order valence-electron chi connectivity index (χ2n) is 3.99. The summed E-state index contributed by atoms with van der Waals surface area (Å²) in [5.74, 6) is 0. The molecular weight excluding hydrogens is 294 g/mol. The molecule has 1 aromatic rings. The summed E-state index contributed by atoms with van der Waals surface area (Å²) in [6.45, 7) is 3.84. The van der Waals surface area contributed by atoms with E-state index >= 15 is 0 Å². The minimum Gasteiger partial charge on any atom is -0.304 e. The van der Waals surface area contributed by atoms with Crippen LogP contribution in [0.2, 0.25) is 0 Å². The Balaban J connectivity index is 2.83. The van der Waals surface area contributed by atoms with Gasteiger partial charge in [-0.15, -0.1) is 23.2 Å². The van der Waals surface area contributed by atoms with Crippen LogP contribution in [0.1, 0.15) is 13.8 Å². The molecule has 2 unspecified atom stereocenters. The van der Waals surface area contributed by atoms with Crippen molar-refractivity contribution in [2.75, 3.05) is 13.2 Å². The van der Waals surface area contributed by atoms with Crippen LogP contribution < -0.4 is 5.30 Å². The van der Waals surface area contributed by atoms with Gasteiger partial charge in [0.2, 0.25) is 0 Å². The number of benzene rings is 1. The van der Waals surface area contributed by atoms with Crippen molar-refractivity contribution in [3.05, 3.63) is 30.3 Å². The van der Waals surface area contributed by atoms with Crippen molar-refractivity contribution in [3.8, 4) is 0 Å². The Kier molecular flexibility index (Phi) is 6.68. The van der Waals surface area contributed by atoms with Crippen LogP contribution in [-0.2, 0) is 13.6 Å². The third-order valence-corrected chi connectivity index (χ3v) is 4.18. The summed E-state index contributed by atoms with van der Waals surface area (Å²) in [6.07, 6.45) is 0. The topological polar surface area (TPSA) is 35.5 Å². The van der Waals surface area contributed by atoms with E-state index in [-0.39, 0.29) is 24.0 Å². The van der Waals surface area contributed by atoms with Crippen molar-refractivity contribution < 1.29 is 13.6 Å². The first-order valence-corrected chi connectivity index (χ1v) is 8.08. The van der Waals surface area contributed by atoms with Crippen LogP contribution in [0.4, 0.5) is 0 Å². The highest BCUT2D eigenvalue weighted by Crippen LogP contribution is 2.47. The van der Waals surface area contributed by atoms with Crippen LogP contribution in [0.25, 0.3) is 0 Å². The smallest absolute Gasteiger partial charge is 0.304 e. The molecule has 0 N–H and O–H groups in total. The standard InChI is InChI=1S/C12H17Cl2O3P/c1-10(13)8-16-18(15,17-9-11(2)14)12-6-4-3-5-7-12/h3-7,10-11H,8-9H2,1-2H3. The molecule has 102 valence electrons. The van der Waals surface area contributed by atoms with Gasteiger partial charge in [0.1, 0.15) is 0 Å². The van der Waals surface area contributed by atoms with Crippen LogP contribution in [0.15, 0.2) is 30.3 Å². The highest BCUT2D eigenvalue weighted by Gasteiger charge is 2.28. The Morgan fingerprint density at radius 2 is 1.50 bits per heavy atom. The lowest BCUT2D eigenvalue weighted by Gasteiger charge is -2.20. The lowest BCUT2D eigenvalue weighted by atomic mass is 10.4. The Labute approximate surface area is 118 Å². The Hall–Kier alpha value is -0.0500. The maximum Gasteiger partial charge on any atom is 0.361 e. The molecule has 0 aliphatic heterocycles. The Morgan fingerprint density at radius 3 is 1.89 bits per heavy atom. The highest BCUT2D eigenvalue weighted by atomic mass is 35.5. The maximum atomic E-state index is 12.7. The molecule has 0 bridgehead atoms. The molecule has 0 aliphatic carbocycles. The first kappa shape index (κ1) is 16.0. The van der Waals surface area contributed by atoms with Gasteiger partial charge < -0.3 is 9.05 Å². The monoisotopic (exact) mass is 310 g/mol. The van der Waals surface area contributed by atoms with E-state index in [1.807, 2.05) is 6.07 Å². The quantitative estimate of drug-likeness (QED) is 0.568. The number of hydrogen-bond acceptors (Lipinski definition) is 3. The Bertz CT molecular complexity index is 380. The molecule has 2 atom stereocenters. The van der Waals surface area contributed by atoms with Gasteiger partial charge in [0, 0.05) is 0 Å². The molecule has 0 amide bonds. The molecule has 6 heteroatoms. The van der Waals surface area contributed by atoms with E-state index in [0.717, 1.165) is 0 Å². The van der Waals surface area contributed by atoms with Gasteiger partial charge in [-0.3, -0.25) is 4.57 Å². The van der Waals surface area contributed by atoms with Gasteiger partial charge in [0.15, 0.2) is 0 Å². The fraction of sp³-hybridized carbons (Fsp3) is 0.500. The predicted molar refractivity (Wildman–Crippen MR) is 76.2 cm³/mol. The van der Waals surface area contributed by atoms with Gasteiger partial charge in [-0.25, -0.2) is 0 Å². The van der Waals surface area contributed by atoms with E-state index in [1.54, 1.807) is 38.1 Å². The molecule has 0 spiro atoms. The number of rotatable bonds is 7. The molecule has 0 aromatic heterocycles. The largest absolute Gasteiger partial charge is 0.361 e. The molecule has 18 heavy (non-hydrogen) atoms. The number of hydrogen-bond donors (Lipinski definition) is 0. The second kappa shape index (κ2) is 7.52. The fourth-order valence-electron chi connectivity index (χ4n) is 1.20. The third-order valence-electron chi connectivity index (χ3n) is 2.02. The molecule has 0 fully saturated rings. The first-order chi connectivity index (χ1) is 8.44.